The number of nitrogens with one attached hydrogen (secondary N) is 1. The van der Waals surface area contributed by atoms with Gasteiger partial charge in [-0.3, -0.25) is 24.5 Å². The van der Waals surface area contributed by atoms with E-state index < -0.39 is 6.04 Å². The van der Waals surface area contributed by atoms with Crippen LogP contribution in [0.3, 0.4) is 0 Å². The van der Waals surface area contributed by atoms with Crippen molar-refractivity contribution in [2.45, 2.75) is 38.1 Å². The van der Waals surface area contributed by atoms with E-state index in [4.69, 9.17) is 0 Å². The Balaban J connectivity index is 1.12. The first-order valence-electron chi connectivity index (χ1n) is 10.7. The molecule has 2 aromatic rings. The van der Waals surface area contributed by atoms with Crippen molar-refractivity contribution in [3.05, 3.63) is 59.1 Å². The first kappa shape index (κ1) is 20.2. The number of hydrogen-bond donors (Lipinski definition) is 1. The van der Waals surface area contributed by atoms with Crippen molar-refractivity contribution in [2.75, 3.05) is 19.6 Å². The smallest absolute Gasteiger partial charge is 0.255 e. The molecule has 156 valence electrons. The van der Waals surface area contributed by atoms with Gasteiger partial charge >= 0.3 is 0 Å². The van der Waals surface area contributed by atoms with Crippen LogP contribution in [0.1, 0.15) is 42.5 Å². The van der Waals surface area contributed by atoms with Crippen LogP contribution < -0.4 is 15.9 Å². The van der Waals surface area contributed by atoms with E-state index in [0.717, 1.165) is 55.8 Å². The highest BCUT2D eigenvalue weighted by Crippen LogP contribution is 2.23. The van der Waals surface area contributed by atoms with Crippen LogP contribution in [0, 0.1) is 5.92 Å². The highest BCUT2D eigenvalue weighted by Gasteiger charge is 2.23. The zero-order valence-electron chi connectivity index (χ0n) is 17.0. The zero-order chi connectivity index (χ0) is 20.8. The van der Waals surface area contributed by atoms with E-state index in [1.54, 1.807) is 30.9 Å². The predicted octanol–water partition coefficient (Wildman–Crippen LogP) is 1.10. The molecule has 4 rings (SSSR count). The summed E-state index contributed by atoms with van der Waals surface area (Å²) in [7, 11) is 0. The molecule has 0 bridgehead atoms. The molecule has 0 saturated carbocycles. The third kappa shape index (κ3) is 4.90. The number of rotatable bonds is 7. The molecule has 0 spiro atoms. The highest BCUT2D eigenvalue weighted by atomic mass is 16.2. The lowest BCUT2D eigenvalue weighted by Crippen LogP contribution is -2.38. The monoisotopic (exact) mass is 405 g/mol. The van der Waals surface area contributed by atoms with Crippen molar-refractivity contribution in [3.8, 4) is 0 Å². The second-order valence-corrected chi connectivity index (χ2v) is 7.94. The third-order valence-corrected chi connectivity index (χ3v) is 5.86. The molecule has 1 N–H and O–H groups in total. The van der Waals surface area contributed by atoms with Crippen LogP contribution in [0.4, 0.5) is 0 Å². The van der Waals surface area contributed by atoms with Crippen molar-refractivity contribution in [1.82, 2.24) is 20.2 Å². The number of fused-ring (bicyclic) bond motifs is 1. The van der Waals surface area contributed by atoms with E-state index in [-0.39, 0.29) is 11.8 Å². The second-order valence-electron chi connectivity index (χ2n) is 7.94. The van der Waals surface area contributed by atoms with Crippen LogP contribution in [0.25, 0.3) is 6.08 Å². The van der Waals surface area contributed by atoms with Crippen molar-refractivity contribution < 1.29 is 9.59 Å². The van der Waals surface area contributed by atoms with E-state index >= 15 is 0 Å². The van der Waals surface area contributed by atoms with E-state index in [0.29, 0.717) is 18.0 Å². The van der Waals surface area contributed by atoms with Crippen LogP contribution in [-0.4, -0.2) is 52.4 Å². The number of unbranched alkanes of at least 4 members (excludes halogenated alkanes) is 1. The van der Waals surface area contributed by atoms with E-state index in [1.807, 2.05) is 23.1 Å². The van der Waals surface area contributed by atoms with E-state index in [1.165, 1.54) is 0 Å². The van der Waals surface area contributed by atoms with Crippen LogP contribution in [0.5, 0.6) is 0 Å². The van der Waals surface area contributed by atoms with Gasteiger partial charge in [0.25, 0.3) is 5.91 Å². The maximum Gasteiger partial charge on any atom is 0.255 e. The Morgan fingerprint density at radius 2 is 1.90 bits per heavy atom. The van der Waals surface area contributed by atoms with Gasteiger partial charge in [0.2, 0.25) is 5.91 Å². The molecule has 2 aromatic heterocycles. The summed E-state index contributed by atoms with van der Waals surface area (Å²) < 4.78 is 0. The van der Waals surface area contributed by atoms with Crippen molar-refractivity contribution in [2.24, 2.45) is 10.9 Å². The van der Waals surface area contributed by atoms with Gasteiger partial charge in [-0.25, -0.2) is 0 Å². The van der Waals surface area contributed by atoms with Gasteiger partial charge in [-0.2, -0.15) is 0 Å². The molecule has 2 aliphatic heterocycles. The number of amides is 2. The van der Waals surface area contributed by atoms with Gasteiger partial charge in [-0.05, 0) is 49.5 Å². The van der Waals surface area contributed by atoms with Crippen molar-refractivity contribution in [1.29, 1.82) is 0 Å². The normalized spacial score (nSPS) is 18.3. The number of piperidine rings is 1. The first-order chi connectivity index (χ1) is 14.7. The maximum atomic E-state index is 12.5. The summed E-state index contributed by atoms with van der Waals surface area (Å²) in [4.78, 5) is 39.2. The fourth-order valence-electron chi connectivity index (χ4n) is 4.11. The topological polar surface area (TPSA) is 87.5 Å². The van der Waals surface area contributed by atoms with Gasteiger partial charge in [0, 0.05) is 49.6 Å². The minimum atomic E-state index is -0.439. The largest absolute Gasteiger partial charge is 0.354 e. The molecule has 1 saturated heterocycles. The molecule has 0 radical (unpaired) electrons. The number of carbonyl (C=O) groups is 2. The highest BCUT2D eigenvalue weighted by molar-refractivity contribution is 5.93. The molecule has 0 aliphatic carbocycles. The molecule has 7 heteroatoms. The molecule has 4 heterocycles. The Hall–Kier alpha value is -3.09. The SMILES string of the molecule is O=C(NCCCCC1CCN(C(=O)c2cccnc2)CC1)C1C=c2cnccc2=N1. The Morgan fingerprint density at radius 3 is 2.67 bits per heavy atom. The molecule has 1 atom stereocenters. The maximum absolute atomic E-state index is 12.5. The van der Waals surface area contributed by atoms with Crippen LogP contribution >= 0.6 is 0 Å². The summed E-state index contributed by atoms with van der Waals surface area (Å²) in [6, 6.07) is 5.01. The van der Waals surface area contributed by atoms with E-state index in [9.17, 15) is 9.59 Å². The fraction of sp³-hybridized carbons (Fsp3) is 0.435. The first-order valence-corrected chi connectivity index (χ1v) is 10.7. The summed E-state index contributed by atoms with van der Waals surface area (Å²) in [5.41, 5.74) is 0.664. The molecule has 1 unspecified atom stereocenters. The Morgan fingerprint density at radius 1 is 1.07 bits per heavy atom. The van der Waals surface area contributed by atoms with E-state index in [2.05, 4.69) is 20.3 Å². The Labute approximate surface area is 175 Å². The standard InChI is InChI=1S/C23H27N5O2/c29-22(21-14-19-16-25-11-6-20(19)27-21)26-10-2-1-4-17-7-12-28(13-8-17)23(30)18-5-3-9-24-15-18/h3,5-6,9,11,14-17,21H,1-2,4,7-8,10,12-13H2,(H,26,29). The Kier molecular flexibility index (Phi) is 6.47. The molecule has 30 heavy (non-hydrogen) atoms. The lowest BCUT2D eigenvalue weighted by molar-refractivity contribution is -0.121. The van der Waals surface area contributed by atoms with Gasteiger partial charge in [0.05, 0.1) is 10.9 Å². The molecular weight excluding hydrogens is 378 g/mol. The summed E-state index contributed by atoms with van der Waals surface area (Å²) in [5.74, 6) is 0.684. The number of nitrogens with zero attached hydrogens (tertiary/aromatic N) is 4. The number of aromatic nitrogens is 2. The molecular formula is C23H27N5O2. The molecule has 7 nitrogen and oxygen atoms in total. The molecule has 0 aromatic carbocycles. The van der Waals surface area contributed by atoms with Crippen LogP contribution in [0.15, 0.2) is 48.0 Å². The predicted molar refractivity (Wildman–Crippen MR) is 113 cm³/mol. The quantitative estimate of drug-likeness (QED) is 0.699. The summed E-state index contributed by atoms with van der Waals surface area (Å²) in [6.45, 7) is 2.29. The average Bonchev–Trinajstić information content (AvgIpc) is 3.24. The van der Waals surface area contributed by atoms with Gasteiger partial charge in [0.15, 0.2) is 0 Å². The van der Waals surface area contributed by atoms with Crippen LogP contribution in [0.2, 0.25) is 0 Å². The minimum Gasteiger partial charge on any atom is -0.354 e. The number of carbonyl (C=O) groups excluding carboxylic acids is 2. The number of likely N-dealkylation sites (tertiary alicyclic amines) is 1. The zero-order valence-corrected chi connectivity index (χ0v) is 17.0. The summed E-state index contributed by atoms with van der Waals surface area (Å²) in [6.07, 6.45) is 13.9. The van der Waals surface area contributed by atoms with Crippen LogP contribution in [-0.2, 0) is 4.79 Å². The number of hydrogen-bond acceptors (Lipinski definition) is 5. The van der Waals surface area contributed by atoms with Crippen molar-refractivity contribution in [3.63, 3.8) is 0 Å². The molecule has 2 aliphatic rings. The lowest BCUT2D eigenvalue weighted by Gasteiger charge is -2.32. The fourth-order valence-corrected chi connectivity index (χ4v) is 4.11. The van der Waals surface area contributed by atoms with Gasteiger partial charge in [-0.1, -0.05) is 12.8 Å². The third-order valence-electron chi connectivity index (χ3n) is 5.86. The summed E-state index contributed by atoms with van der Waals surface area (Å²) in [5, 5.41) is 4.75. The Bertz CT molecular complexity index is 965. The van der Waals surface area contributed by atoms with Gasteiger partial charge < -0.3 is 10.2 Å². The average molecular weight is 406 g/mol. The molecule has 2 amide bonds. The lowest BCUT2D eigenvalue weighted by atomic mass is 9.91. The van der Waals surface area contributed by atoms with Gasteiger partial charge in [-0.15, -0.1) is 0 Å². The number of pyridine rings is 2. The summed E-state index contributed by atoms with van der Waals surface area (Å²) >= 11 is 0. The van der Waals surface area contributed by atoms with Gasteiger partial charge in [0.1, 0.15) is 6.04 Å². The minimum absolute atomic E-state index is 0.0478. The molecule has 1 fully saturated rings. The second kappa shape index (κ2) is 9.61. The van der Waals surface area contributed by atoms with Crippen molar-refractivity contribution >= 4 is 17.9 Å².